The van der Waals surface area contributed by atoms with Crippen LogP contribution in [0.15, 0.2) is 24.5 Å². The minimum absolute atomic E-state index is 0.155. The second-order valence-electron chi connectivity index (χ2n) is 9.49. The van der Waals surface area contributed by atoms with E-state index in [0.717, 1.165) is 56.4 Å². The lowest BCUT2D eigenvalue weighted by molar-refractivity contribution is -0.140. The summed E-state index contributed by atoms with van der Waals surface area (Å²) >= 11 is 0. The molecule has 2 amide bonds. The van der Waals surface area contributed by atoms with Gasteiger partial charge in [-0.05, 0) is 56.9 Å². The fourth-order valence-corrected chi connectivity index (χ4v) is 4.99. The zero-order valence-corrected chi connectivity index (χ0v) is 20.2. The van der Waals surface area contributed by atoms with E-state index in [-0.39, 0.29) is 17.9 Å². The highest BCUT2D eigenvalue weighted by Gasteiger charge is 2.33. The van der Waals surface area contributed by atoms with Gasteiger partial charge in [0.25, 0.3) is 5.91 Å². The molecule has 0 radical (unpaired) electrons. The summed E-state index contributed by atoms with van der Waals surface area (Å²) in [6.07, 6.45) is 7.36. The number of hydrogen-bond acceptors (Lipinski definition) is 6. The normalized spacial score (nSPS) is 19.1. The Labute approximate surface area is 201 Å². The molecule has 2 aliphatic rings. The third-order valence-corrected chi connectivity index (χ3v) is 7.03. The van der Waals surface area contributed by atoms with Crippen LogP contribution < -0.4 is 5.32 Å². The van der Waals surface area contributed by atoms with Crippen LogP contribution >= 0.6 is 0 Å². The second kappa shape index (κ2) is 10.3. The first-order chi connectivity index (χ1) is 16.4. The Kier molecular flexibility index (Phi) is 7.23. The predicted molar refractivity (Wildman–Crippen MR) is 129 cm³/mol. The van der Waals surface area contributed by atoms with Crippen LogP contribution in [0.5, 0.6) is 0 Å². The third-order valence-electron chi connectivity index (χ3n) is 7.03. The minimum Gasteiger partial charge on any atom is -0.337 e. The SMILES string of the molecule is Cc1ncc(C(=O)Nc2cc(C#N)cc(CN3CCN(C(=O)C4CCCC4)[C@@H](C)C3)c2C)cn1. The van der Waals surface area contributed by atoms with Crippen molar-refractivity contribution < 1.29 is 9.59 Å². The van der Waals surface area contributed by atoms with Crippen molar-refractivity contribution in [2.24, 2.45) is 5.92 Å². The average molecular weight is 461 g/mol. The van der Waals surface area contributed by atoms with E-state index in [1.165, 1.54) is 12.4 Å². The molecule has 2 aromatic rings. The Morgan fingerprint density at radius 3 is 2.50 bits per heavy atom. The molecule has 8 nitrogen and oxygen atoms in total. The Balaban J connectivity index is 1.46. The monoisotopic (exact) mass is 460 g/mol. The number of hydrogen-bond donors (Lipinski definition) is 1. The molecule has 1 saturated heterocycles. The van der Waals surface area contributed by atoms with Crippen molar-refractivity contribution in [1.82, 2.24) is 19.8 Å². The van der Waals surface area contributed by atoms with Crippen molar-refractivity contribution in [1.29, 1.82) is 5.26 Å². The maximum absolute atomic E-state index is 12.9. The number of nitrogens with zero attached hydrogens (tertiary/aromatic N) is 5. The molecular formula is C26H32N6O2. The molecule has 4 rings (SSSR count). The van der Waals surface area contributed by atoms with Gasteiger partial charge >= 0.3 is 0 Å². The summed E-state index contributed by atoms with van der Waals surface area (Å²) in [5.41, 5.74) is 3.41. The molecule has 1 saturated carbocycles. The maximum atomic E-state index is 12.9. The van der Waals surface area contributed by atoms with Crippen LogP contribution in [0.25, 0.3) is 0 Å². The lowest BCUT2D eigenvalue weighted by atomic mass is 10.0. The van der Waals surface area contributed by atoms with Gasteiger partial charge in [-0.25, -0.2) is 9.97 Å². The summed E-state index contributed by atoms with van der Waals surface area (Å²) in [6.45, 7) is 8.81. The molecule has 8 heteroatoms. The maximum Gasteiger partial charge on any atom is 0.258 e. The van der Waals surface area contributed by atoms with Crippen LogP contribution in [0.4, 0.5) is 5.69 Å². The second-order valence-corrected chi connectivity index (χ2v) is 9.49. The van der Waals surface area contributed by atoms with Gasteiger partial charge in [-0.15, -0.1) is 0 Å². The van der Waals surface area contributed by atoms with Crippen molar-refractivity contribution in [2.45, 2.75) is 59.0 Å². The lowest BCUT2D eigenvalue weighted by Crippen LogP contribution is -2.54. The summed E-state index contributed by atoms with van der Waals surface area (Å²) in [6, 6.07) is 5.95. The van der Waals surface area contributed by atoms with Crippen LogP contribution in [0.2, 0.25) is 0 Å². The van der Waals surface area contributed by atoms with Gasteiger partial charge < -0.3 is 10.2 Å². The van der Waals surface area contributed by atoms with E-state index in [2.05, 4.69) is 38.1 Å². The first-order valence-corrected chi connectivity index (χ1v) is 12.0. The van der Waals surface area contributed by atoms with Crippen LogP contribution in [-0.4, -0.2) is 57.3 Å². The van der Waals surface area contributed by atoms with Crippen molar-refractivity contribution >= 4 is 17.5 Å². The topological polar surface area (TPSA) is 102 Å². The molecule has 1 N–H and O–H groups in total. The van der Waals surface area contributed by atoms with Crippen LogP contribution in [0, 0.1) is 31.1 Å². The number of piperazine rings is 1. The number of rotatable bonds is 5. The highest BCUT2D eigenvalue weighted by Crippen LogP contribution is 2.29. The Morgan fingerprint density at radius 1 is 1.15 bits per heavy atom. The fourth-order valence-electron chi connectivity index (χ4n) is 4.99. The average Bonchev–Trinajstić information content (AvgIpc) is 3.36. The smallest absolute Gasteiger partial charge is 0.258 e. The number of amides is 2. The van der Waals surface area contributed by atoms with E-state index in [0.29, 0.717) is 35.1 Å². The van der Waals surface area contributed by atoms with Crippen molar-refractivity contribution in [3.63, 3.8) is 0 Å². The number of aryl methyl sites for hydroxylation is 1. The number of nitriles is 1. The van der Waals surface area contributed by atoms with Gasteiger partial charge in [-0.2, -0.15) is 5.26 Å². The fraction of sp³-hybridized carbons (Fsp3) is 0.500. The summed E-state index contributed by atoms with van der Waals surface area (Å²) in [5, 5.41) is 12.5. The molecule has 0 spiro atoms. The van der Waals surface area contributed by atoms with E-state index in [4.69, 9.17) is 0 Å². The molecule has 0 unspecified atom stereocenters. The molecule has 0 bridgehead atoms. The van der Waals surface area contributed by atoms with Gasteiger partial charge in [0.1, 0.15) is 5.82 Å². The zero-order chi connectivity index (χ0) is 24.2. The number of carbonyl (C=O) groups excluding carboxylic acids is 2. The van der Waals surface area contributed by atoms with E-state index in [9.17, 15) is 14.9 Å². The first kappa shape index (κ1) is 23.8. The highest BCUT2D eigenvalue weighted by molar-refractivity contribution is 6.04. The van der Waals surface area contributed by atoms with E-state index >= 15 is 0 Å². The van der Waals surface area contributed by atoms with E-state index in [1.54, 1.807) is 13.0 Å². The Morgan fingerprint density at radius 2 is 1.85 bits per heavy atom. The summed E-state index contributed by atoms with van der Waals surface area (Å²) in [7, 11) is 0. The van der Waals surface area contributed by atoms with Crippen molar-refractivity contribution in [2.75, 3.05) is 25.0 Å². The molecule has 34 heavy (non-hydrogen) atoms. The number of benzene rings is 1. The molecule has 178 valence electrons. The molecule has 1 aliphatic heterocycles. The standard InChI is InChI=1S/C26H32N6O2/c1-17-15-31(8-9-32(17)26(34)21-6-4-5-7-21)16-22-10-20(12-27)11-24(18(22)2)30-25(33)23-13-28-19(3)29-14-23/h10-11,13-14,17,21H,4-9,15-16H2,1-3H3,(H,30,33)/t17-/m0/s1. The van der Waals surface area contributed by atoms with Crippen molar-refractivity contribution in [3.05, 3.63) is 52.6 Å². The molecular weight excluding hydrogens is 428 g/mol. The molecule has 1 aliphatic carbocycles. The van der Waals surface area contributed by atoms with Gasteiger partial charge in [0, 0.05) is 56.2 Å². The molecule has 1 atom stereocenters. The van der Waals surface area contributed by atoms with Crippen LogP contribution in [0.3, 0.4) is 0 Å². The first-order valence-electron chi connectivity index (χ1n) is 12.0. The van der Waals surface area contributed by atoms with Crippen LogP contribution in [0.1, 0.15) is 65.5 Å². The van der Waals surface area contributed by atoms with E-state index in [1.807, 2.05) is 13.0 Å². The number of anilines is 1. The van der Waals surface area contributed by atoms with Gasteiger partial charge in [0.15, 0.2) is 0 Å². The zero-order valence-electron chi connectivity index (χ0n) is 20.2. The molecule has 2 heterocycles. The largest absolute Gasteiger partial charge is 0.337 e. The van der Waals surface area contributed by atoms with Gasteiger partial charge in [0.2, 0.25) is 5.91 Å². The Bertz CT molecular complexity index is 1100. The van der Waals surface area contributed by atoms with Gasteiger partial charge in [-0.1, -0.05) is 12.8 Å². The molecule has 2 fully saturated rings. The van der Waals surface area contributed by atoms with Gasteiger partial charge in [0.05, 0.1) is 17.2 Å². The molecule has 1 aromatic carbocycles. The summed E-state index contributed by atoms with van der Waals surface area (Å²) in [4.78, 5) is 38.2. The van der Waals surface area contributed by atoms with E-state index < -0.39 is 0 Å². The van der Waals surface area contributed by atoms with Gasteiger partial charge in [-0.3, -0.25) is 14.5 Å². The summed E-state index contributed by atoms with van der Waals surface area (Å²) in [5.74, 6) is 0.809. The predicted octanol–water partition coefficient (Wildman–Crippen LogP) is 3.44. The lowest BCUT2D eigenvalue weighted by Gasteiger charge is -2.41. The number of carbonyl (C=O) groups is 2. The third kappa shape index (κ3) is 5.26. The number of aromatic nitrogens is 2. The quantitative estimate of drug-likeness (QED) is 0.733. The highest BCUT2D eigenvalue weighted by atomic mass is 16.2. The molecule has 1 aromatic heterocycles. The summed E-state index contributed by atoms with van der Waals surface area (Å²) < 4.78 is 0. The van der Waals surface area contributed by atoms with Crippen molar-refractivity contribution in [3.8, 4) is 6.07 Å². The number of nitrogens with one attached hydrogen (secondary N) is 1. The van der Waals surface area contributed by atoms with Crippen LogP contribution in [-0.2, 0) is 11.3 Å². The Hall–Kier alpha value is -3.31. The minimum atomic E-state index is -0.309.